The van der Waals surface area contributed by atoms with Gasteiger partial charge in [-0.15, -0.1) is 0 Å². The van der Waals surface area contributed by atoms with E-state index in [1.165, 1.54) is 11.6 Å². The SMILES string of the molecule is CCc1cc(=O)oc2cc(OCc3nc(-c4ccc(C)cc4)no3)ccc12. The average Bonchev–Trinajstić information content (AvgIpc) is 3.15. The summed E-state index contributed by atoms with van der Waals surface area (Å²) in [6, 6.07) is 14.8. The van der Waals surface area contributed by atoms with Crippen LogP contribution < -0.4 is 10.4 Å². The predicted molar refractivity (Wildman–Crippen MR) is 101 cm³/mol. The van der Waals surface area contributed by atoms with E-state index in [1.807, 2.05) is 50.2 Å². The predicted octanol–water partition coefficient (Wildman–Crippen LogP) is 4.29. The summed E-state index contributed by atoms with van der Waals surface area (Å²) in [7, 11) is 0. The first-order chi connectivity index (χ1) is 13.1. The highest BCUT2D eigenvalue weighted by Gasteiger charge is 2.10. The smallest absolute Gasteiger partial charge is 0.336 e. The quantitative estimate of drug-likeness (QED) is 0.493. The second-order valence-electron chi connectivity index (χ2n) is 6.27. The maximum absolute atomic E-state index is 11.7. The monoisotopic (exact) mass is 362 g/mol. The number of nitrogens with zero attached hydrogens (tertiary/aromatic N) is 2. The van der Waals surface area contributed by atoms with Crippen LogP contribution in [0.25, 0.3) is 22.4 Å². The molecule has 0 unspecified atom stereocenters. The Hall–Kier alpha value is -3.41. The fraction of sp³-hybridized carbons (Fsp3) is 0.190. The molecule has 0 aliphatic rings. The molecule has 27 heavy (non-hydrogen) atoms. The molecule has 0 amide bonds. The van der Waals surface area contributed by atoms with Crippen LogP contribution in [-0.2, 0) is 13.0 Å². The molecular formula is C21H18N2O4. The van der Waals surface area contributed by atoms with Gasteiger partial charge in [0, 0.05) is 23.1 Å². The number of hydrogen-bond acceptors (Lipinski definition) is 6. The molecule has 0 radical (unpaired) electrons. The highest BCUT2D eigenvalue weighted by atomic mass is 16.5. The van der Waals surface area contributed by atoms with Gasteiger partial charge in [0.1, 0.15) is 11.3 Å². The van der Waals surface area contributed by atoms with Crippen LogP contribution in [0, 0.1) is 6.92 Å². The van der Waals surface area contributed by atoms with Crippen LogP contribution in [0.5, 0.6) is 5.75 Å². The van der Waals surface area contributed by atoms with E-state index in [0.717, 1.165) is 22.9 Å². The van der Waals surface area contributed by atoms with E-state index in [-0.39, 0.29) is 12.2 Å². The van der Waals surface area contributed by atoms with E-state index < -0.39 is 0 Å². The lowest BCUT2D eigenvalue weighted by molar-refractivity contribution is 0.243. The molecule has 0 fully saturated rings. The van der Waals surface area contributed by atoms with Gasteiger partial charge < -0.3 is 13.7 Å². The van der Waals surface area contributed by atoms with E-state index in [1.54, 1.807) is 6.07 Å². The second-order valence-corrected chi connectivity index (χ2v) is 6.27. The number of rotatable bonds is 5. The molecule has 0 atom stereocenters. The minimum atomic E-state index is -0.365. The van der Waals surface area contributed by atoms with Crippen molar-refractivity contribution < 1.29 is 13.7 Å². The zero-order chi connectivity index (χ0) is 18.8. The van der Waals surface area contributed by atoms with Crippen molar-refractivity contribution in [3.05, 3.63) is 76.0 Å². The molecule has 0 saturated heterocycles. The summed E-state index contributed by atoms with van der Waals surface area (Å²) in [6.45, 7) is 4.15. The molecule has 2 aromatic carbocycles. The fourth-order valence-electron chi connectivity index (χ4n) is 2.87. The number of fused-ring (bicyclic) bond motifs is 1. The van der Waals surface area contributed by atoms with E-state index in [4.69, 9.17) is 13.7 Å². The largest absolute Gasteiger partial charge is 0.484 e. The Morgan fingerprint density at radius 2 is 1.89 bits per heavy atom. The van der Waals surface area contributed by atoms with Crippen molar-refractivity contribution in [2.24, 2.45) is 0 Å². The molecular weight excluding hydrogens is 344 g/mol. The molecule has 0 N–H and O–H groups in total. The van der Waals surface area contributed by atoms with Crippen LogP contribution in [0.3, 0.4) is 0 Å². The van der Waals surface area contributed by atoms with Crippen LogP contribution in [0.1, 0.15) is 23.9 Å². The zero-order valence-electron chi connectivity index (χ0n) is 15.1. The van der Waals surface area contributed by atoms with Crippen molar-refractivity contribution in [3.8, 4) is 17.1 Å². The molecule has 0 aliphatic carbocycles. The van der Waals surface area contributed by atoms with Gasteiger partial charge in [0.05, 0.1) is 0 Å². The van der Waals surface area contributed by atoms with Crippen LogP contribution in [-0.4, -0.2) is 10.1 Å². The summed E-state index contributed by atoms with van der Waals surface area (Å²) in [5, 5.41) is 4.89. The minimum Gasteiger partial charge on any atom is -0.484 e. The molecule has 4 rings (SSSR count). The number of aromatic nitrogens is 2. The number of benzene rings is 2. The molecule has 0 spiro atoms. The molecule has 0 bridgehead atoms. The topological polar surface area (TPSA) is 78.4 Å². The van der Waals surface area contributed by atoms with Crippen LogP contribution in [0.2, 0.25) is 0 Å². The first-order valence-electron chi connectivity index (χ1n) is 8.71. The molecule has 0 aliphatic heterocycles. The Bertz CT molecular complexity index is 1140. The van der Waals surface area contributed by atoms with E-state index in [0.29, 0.717) is 23.0 Å². The number of ether oxygens (including phenoxy) is 1. The van der Waals surface area contributed by atoms with Gasteiger partial charge >= 0.3 is 5.63 Å². The Kier molecular flexibility index (Phi) is 4.46. The molecule has 2 heterocycles. The molecule has 6 heteroatoms. The lowest BCUT2D eigenvalue weighted by Gasteiger charge is -2.06. The van der Waals surface area contributed by atoms with Crippen LogP contribution in [0.15, 0.2) is 62.3 Å². The molecule has 2 aromatic heterocycles. The summed E-state index contributed by atoms with van der Waals surface area (Å²) in [4.78, 5) is 16.0. The van der Waals surface area contributed by atoms with Gasteiger partial charge in [-0.3, -0.25) is 0 Å². The van der Waals surface area contributed by atoms with E-state index >= 15 is 0 Å². The Morgan fingerprint density at radius 1 is 1.07 bits per heavy atom. The van der Waals surface area contributed by atoms with Crippen LogP contribution in [0.4, 0.5) is 0 Å². The first kappa shape index (κ1) is 17.0. The van der Waals surface area contributed by atoms with Crippen LogP contribution >= 0.6 is 0 Å². The van der Waals surface area contributed by atoms with Gasteiger partial charge in [0.2, 0.25) is 5.82 Å². The van der Waals surface area contributed by atoms with Gasteiger partial charge in [-0.1, -0.05) is 41.9 Å². The summed E-state index contributed by atoms with van der Waals surface area (Å²) in [5.74, 6) is 1.45. The van der Waals surface area contributed by atoms with Crippen molar-refractivity contribution in [1.82, 2.24) is 10.1 Å². The number of aryl methyl sites for hydroxylation is 2. The maximum atomic E-state index is 11.7. The van der Waals surface area contributed by atoms with Gasteiger partial charge in [-0.05, 0) is 31.0 Å². The third-order valence-corrected chi connectivity index (χ3v) is 4.32. The summed E-state index contributed by atoms with van der Waals surface area (Å²) in [5.41, 5.74) is 3.14. The minimum absolute atomic E-state index is 0.127. The Balaban J connectivity index is 1.52. The van der Waals surface area contributed by atoms with Crippen molar-refractivity contribution in [2.45, 2.75) is 26.9 Å². The van der Waals surface area contributed by atoms with Gasteiger partial charge in [0.15, 0.2) is 6.61 Å². The van der Waals surface area contributed by atoms with Crippen molar-refractivity contribution >= 4 is 11.0 Å². The van der Waals surface area contributed by atoms with E-state index in [9.17, 15) is 4.79 Å². The molecule has 0 saturated carbocycles. The third-order valence-electron chi connectivity index (χ3n) is 4.32. The summed E-state index contributed by atoms with van der Waals surface area (Å²) < 4.78 is 16.3. The van der Waals surface area contributed by atoms with E-state index in [2.05, 4.69) is 10.1 Å². The average molecular weight is 362 g/mol. The van der Waals surface area contributed by atoms with Crippen molar-refractivity contribution in [2.75, 3.05) is 0 Å². The molecule has 4 aromatic rings. The maximum Gasteiger partial charge on any atom is 0.336 e. The summed E-state index contributed by atoms with van der Waals surface area (Å²) in [6.07, 6.45) is 0.756. The molecule has 136 valence electrons. The first-order valence-corrected chi connectivity index (χ1v) is 8.71. The lowest BCUT2D eigenvalue weighted by atomic mass is 10.1. The zero-order valence-corrected chi connectivity index (χ0v) is 15.1. The lowest BCUT2D eigenvalue weighted by Crippen LogP contribution is -2.00. The van der Waals surface area contributed by atoms with Gasteiger partial charge in [-0.25, -0.2) is 4.79 Å². The van der Waals surface area contributed by atoms with Gasteiger partial charge in [-0.2, -0.15) is 4.98 Å². The summed E-state index contributed by atoms with van der Waals surface area (Å²) >= 11 is 0. The Morgan fingerprint density at radius 3 is 2.67 bits per heavy atom. The number of hydrogen-bond donors (Lipinski definition) is 0. The fourth-order valence-corrected chi connectivity index (χ4v) is 2.87. The van der Waals surface area contributed by atoms with Gasteiger partial charge in [0.25, 0.3) is 5.89 Å². The third kappa shape index (κ3) is 3.60. The van der Waals surface area contributed by atoms with Crippen molar-refractivity contribution in [1.29, 1.82) is 0 Å². The molecule has 6 nitrogen and oxygen atoms in total. The standard InChI is InChI=1S/C21H18N2O4/c1-3-14-10-20(24)26-18-11-16(8-9-17(14)18)25-12-19-22-21(23-27-19)15-6-4-13(2)5-7-15/h4-11H,3,12H2,1-2H3. The normalized spacial score (nSPS) is 11.0. The highest BCUT2D eigenvalue weighted by Crippen LogP contribution is 2.24. The Labute approximate surface area is 155 Å². The van der Waals surface area contributed by atoms with Crippen molar-refractivity contribution in [3.63, 3.8) is 0 Å². The second kappa shape index (κ2) is 7.07. The highest BCUT2D eigenvalue weighted by molar-refractivity contribution is 5.81.